The first-order valence-electron chi connectivity index (χ1n) is 7.23. The SMILES string of the molecule is CCCCCCCCCCCCCSP([O-])([O-])=S.[Zn+2]. The molecule has 0 atom stereocenters. The molecule has 0 amide bonds. The molecule has 0 aromatic heterocycles. The van der Waals surface area contributed by atoms with Crippen molar-refractivity contribution in [1.29, 1.82) is 0 Å². The predicted molar refractivity (Wildman–Crippen MR) is 83.2 cm³/mol. The molecule has 6 heteroatoms. The van der Waals surface area contributed by atoms with E-state index in [0.717, 1.165) is 24.2 Å². The van der Waals surface area contributed by atoms with Crippen LogP contribution in [0.5, 0.6) is 0 Å². The van der Waals surface area contributed by atoms with Crippen LogP contribution < -0.4 is 9.79 Å². The first-order chi connectivity index (χ1) is 8.56. The molecule has 0 rings (SSSR count). The fraction of sp³-hybridized carbons (Fsp3) is 1.00. The van der Waals surface area contributed by atoms with Gasteiger partial charge in [0.25, 0.3) is 0 Å². The van der Waals surface area contributed by atoms with Crippen LogP contribution in [0.1, 0.15) is 77.6 Å². The zero-order valence-electron chi connectivity index (χ0n) is 12.3. The van der Waals surface area contributed by atoms with Gasteiger partial charge in [-0.15, -0.1) is 11.8 Å². The Labute approximate surface area is 141 Å². The molecule has 0 heterocycles. The van der Waals surface area contributed by atoms with E-state index in [-0.39, 0.29) is 19.5 Å². The van der Waals surface area contributed by atoms with Crippen LogP contribution in [0.4, 0.5) is 0 Å². The van der Waals surface area contributed by atoms with Crippen LogP contribution in [0, 0.1) is 0 Å². The van der Waals surface area contributed by atoms with Crippen molar-refractivity contribution in [2.24, 2.45) is 0 Å². The molecule has 0 aliphatic carbocycles. The smallest absolute Gasteiger partial charge is 0.825 e. The molecule has 0 bridgehead atoms. The molecule has 19 heavy (non-hydrogen) atoms. The Kier molecular flexibility index (Phi) is 19.1. The van der Waals surface area contributed by atoms with Crippen molar-refractivity contribution >= 4 is 28.9 Å². The van der Waals surface area contributed by atoms with Crippen LogP contribution in [0.25, 0.3) is 0 Å². The summed E-state index contributed by atoms with van der Waals surface area (Å²) < 4.78 is 0. The van der Waals surface area contributed by atoms with Gasteiger partial charge in [-0.1, -0.05) is 71.1 Å². The van der Waals surface area contributed by atoms with Crippen molar-refractivity contribution in [3.63, 3.8) is 0 Å². The first-order valence-corrected chi connectivity index (χ1v) is 11.5. The third kappa shape index (κ3) is 22.0. The van der Waals surface area contributed by atoms with Gasteiger partial charge in [0.15, 0.2) is 0 Å². The van der Waals surface area contributed by atoms with Crippen molar-refractivity contribution < 1.29 is 29.3 Å². The molecule has 0 saturated carbocycles. The molecule has 0 aromatic carbocycles. The second-order valence-corrected chi connectivity index (χ2v) is 10.7. The van der Waals surface area contributed by atoms with E-state index in [1.165, 1.54) is 57.8 Å². The van der Waals surface area contributed by atoms with Crippen molar-refractivity contribution in [1.82, 2.24) is 0 Å². The number of rotatable bonds is 13. The maximum atomic E-state index is 10.7. The summed E-state index contributed by atoms with van der Waals surface area (Å²) in [6, 6.07) is 0. The normalized spacial score (nSPS) is 11.3. The van der Waals surface area contributed by atoms with Gasteiger partial charge in [0, 0.05) is 0 Å². The van der Waals surface area contributed by atoms with Gasteiger partial charge in [-0.25, -0.2) is 0 Å². The molecule has 2 nitrogen and oxygen atoms in total. The molecule has 0 radical (unpaired) electrons. The summed E-state index contributed by atoms with van der Waals surface area (Å²) in [6.45, 7) is 2.25. The standard InChI is InChI=1S/C13H29O2PS2.Zn/c1-2-3-4-5-6-7-8-9-10-11-12-13-18-16(14,15)17;/h2-13H2,1H3,(H2,14,15,17);/q;+2/p-2. The molecule has 0 spiro atoms. The zero-order chi connectivity index (χ0) is 13.7. The van der Waals surface area contributed by atoms with Gasteiger partial charge in [-0.05, 0) is 12.2 Å². The fourth-order valence-corrected chi connectivity index (χ4v) is 4.23. The Morgan fingerprint density at radius 3 is 1.53 bits per heavy atom. The molecule has 110 valence electrons. The summed E-state index contributed by atoms with van der Waals surface area (Å²) in [5.41, 5.74) is -3.50. The minimum absolute atomic E-state index is 0. The average molecular weight is 376 g/mol. The third-order valence-corrected chi connectivity index (χ3v) is 6.23. The summed E-state index contributed by atoms with van der Waals surface area (Å²) in [4.78, 5) is 21.4. The van der Waals surface area contributed by atoms with Gasteiger partial charge in [-0.2, -0.15) is 17.1 Å². The zero-order valence-corrected chi connectivity index (χ0v) is 17.8. The van der Waals surface area contributed by atoms with E-state index in [4.69, 9.17) is 0 Å². The van der Waals surface area contributed by atoms with Crippen molar-refractivity contribution in [3.05, 3.63) is 0 Å². The van der Waals surface area contributed by atoms with Gasteiger partial charge < -0.3 is 9.79 Å². The predicted octanol–water partition coefficient (Wildman–Crippen LogP) is 3.97. The second-order valence-electron chi connectivity index (χ2n) is 4.82. The van der Waals surface area contributed by atoms with E-state index >= 15 is 0 Å². The maximum Gasteiger partial charge on any atom is 2.00 e. The van der Waals surface area contributed by atoms with E-state index < -0.39 is 5.69 Å². The summed E-state index contributed by atoms with van der Waals surface area (Å²) in [7, 11) is 0. The number of hydrogen-bond acceptors (Lipinski definition) is 4. The summed E-state index contributed by atoms with van der Waals surface area (Å²) >= 11 is 5.25. The maximum absolute atomic E-state index is 10.7. The minimum atomic E-state index is -3.50. The summed E-state index contributed by atoms with van der Waals surface area (Å²) in [5.74, 6) is 0.668. The Bertz CT molecular complexity index is 225. The average Bonchev–Trinajstić information content (AvgIpc) is 2.29. The molecule has 0 aromatic rings. The Hall–Kier alpha value is 1.54. The molecular formula is C13H27O2PS2Zn. The second kappa shape index (κ2) is 15.9. The van der Waals surface area contributed by atoms with Crippen molar-refractivity contribution in [2.45, 2.75) is 77.6 Å². The largest absolute Gasteiger partial charge is 2.00 e. The van der Waals surface area contributed by atoms with E-state index in [1.807, 2.05) is 0 Å². The minimum Gasteiger partial charge on any atom is -0.825 e. The molecule has 0 aliphatic rings. The van der Waals surface area contributed by atoms with Crippen LogP contribution in [0.3, 0.4) is 0 Å². The molecule has 0 aliphatic heterocycles. The molecule has 0 unspecified atom stereocenters. The van der Waals surface area contributed by atoms with Crippen molar-refractivity contribution in [3.8, 4) is 0 Å². The molecule has 0 N–H and O–H groups in total. The fourth-order valence-electron chi connectivity index (χ4n) is 1.94. The topological polar surface area (TPSA) is 46.1 Å². The quantitative estimate of drug-likeness (QED) is 0.277. The summed E-state index contributed by atoms with van der Waals surface area (Å²) in [6.07, 6.45) is 14.2. The molecular weight excluding hydrogens is 349 g/mol. The number of hydrogen-bond donors (Lipinski definition) is 0. The van der Waals surface area contributed by atoms with E-state index in [9.17, 15) is 9.79 Å². The third-order valence-electron chi connectivity index (χ3n) is 3.00. The Morgan fingerprint density at radius 1 is 0.789 bits per heavy atom. The van der Waals surface area contributed by atoms with Crippen LogP contribution >= 0.6 is 17.1 Å². The van der Waals surface area contributed by atoms with E-state index in [2.05, 4.69) is 18.7 Å². The first kappa shape index (κ1) is 22.8. The number of unbranched alkanes of at least 4 members (excludes halogenated alkanes) is 10. The molecule has 0 fully saturated rings. The van der Waals surface area contributed by atoms with E-state index in [1.54, 1.807) is 0 Å². The van der Waals surface area contributed by atoms with E-state index in [0.29, 0.717) is 5.75 Å². The monoisotopic (exact) mass is 374 g/mol. The van der Waals surface area contributed by atoms with Crippen molar-refractivity contribution in [2.75, 3.05) is 5.75 Å². The van der Waals surface area contributed by atoms with Crippen LogP contribution in [-0.4, -0.2) is 5.75 Å². The van der Waals surface area contributed by atoms with Gasteiger partial charge in [0.05, 0.1) is 0 Å². The van der Waals surface area contributed by atoms with Gasteiger partial charge in [-0.3, -0.25) is 0 Å². The van der Waals surface area contributed by atoms with Gasteiger partial charge in [0.1, 0.15) is 0 Å². The molecule has 0 saturated heterocycles. The van der Waals surface area contributed by atoms with Crippen LogP contribution in [0.2, 0.25) is 0 Å². The Morgan fingerprint density at radius 2 is 1.16 bits per heavy atom. The van der Waals surface area contributed by atoms with Gasteiger partial charge >= 0.3 is 19.5 Å². The van der Waals surface area contributed by atoms with Crippen LogP contribution in [-0.2, 0) is 31.3 Å². The van der Waals surface area contributed by atoms with Gasteiger partial charge in [0.2, 0.25) is 0 Å². The summed E-state index contributed by atoms with van der Waals surface area (Å²) in [5, 5.41) is 0. The Balaban J connectivity index is 0. The van der Waals surface area contributed by atoms with Crippen LogP contribution in [0.15, 0.2) is 0 Å².